The van der Waals surface area contributed by atoms with Crippen LogP contribution in [-0.2, 0) is 10.0 Å². The summed E-state index contributed by atoms with van der Waals surface area (Å²) >= 11 is 3.00. The minimum Gasteiger partial charge on any atom is -0.393 e. The monoisotopic (exact) mass is 460 g/mol. The first-order chi connectivity index (χ1) is 12.7. The summed E-state index contributed by atoms with van der Waals surface area (Å²) < 4.78 is 54.5. The number of benzene rings is 2. The number of aliphatic hydroxyl groups excluding tert-OH is 1. The van der Waals surface area contributed by atoms with Gasteiger partial charge in [0.1, 0.15) is 16.5 Å². The standard InChI is InChI=1S/C17H15BrF2N2O4S/c18-13-8-10(2-4-14(13)19)21-17(24)9-1-3-15(20)16(5-9)27(25,26)22-11-6-12(23)7-11/h1-5,8,11-12,22-23H,6-7H2,(H,21,24). The number of nitrogens with one attached hydrogen (secondary N) is 2. The summed E-state index contributed by atoms with van der Waals surface area (Å²) in [4.78, 5) is 11.7. The molecule has 0 spiro atoms. The van der Waals surface area contributed by atoms with E-state index < -0.39 is 44.6 Å². The van der Waals surface area contributed by atoms with Crippen LogP contribution in [0.3, 0.4) is 0 Å². The molecule has 0 saturated heterocycles. The van der Waals surface area contributed by atoms with Crippen molar-refractivity contribution >= 4 is 37.5 Å². The predicted octanol–water partition coefficient (Wildman–Crippen LogP) is 2.78. The highest BCUT2D eigenvalue weighted by Crippen LogP contribution is 2.24. The van der Waals surface area contributed by atoms with Crippen LogP contribution >= 0.6 is 15.9 Å². The summed E-state index contributed by atoms with van der Waals surface area (Å²) in [5.74, 6) is -2.18. The summed E-state index contributed by atoms with van der Waals surface area (Å²) in [6.45, 7) is 0. The molecule has 3 rings (SSSR count). The zero-order chi connectivity index (χ0) is 19.8. The maximum Gasteiger partial charge on any atom is 0.255 e. The molecule has 1 aliphatic carbocycles. The van der Waals surface area contributed by atoms with E-state index in [4.69, 9.17) is 0 Å². The lowest BCUT2D eigenvalue weighted by Crippen LogP contribution is -2.46. The van der Waals surface area contributed by atoms with Gasteiger partial charge < -0.3 is 10.4 Å². The number of sulfonamides is 1. The molecule has 0 atom stereocenters. The first kappa shape index (κ1) is 19.9. The van der Waals surface area contributed by atoms with Gasteiger partial charge >= 0.3 is 0 Å². The molecule has 3 N–H and O–H groups in total. The molecule has 144 valence electrons. The molecule has 0 radical (unpaired) electrons. The highest BCUT2D eigenvalue weighted by Gasteiger charge is 2.32. The van der Waals surface area contributed by atoms with E-state index in [1.165, 1.54) is 12.1 Å². The number of carbonyl (C=O) groups excluding carboxylic acids is 1. The quantitative estimate of drug-likeness (QED) is 0.639. The maximum atomic E-state index is 14.1. The van der Waals surface area contributed by atoms with Crippen molar-refractivity contribution in [3.63, 3.8) is 0 Å². The van der Waals surface area contributed by atoms with Gasteiger partial charge in [-0.05, 0) is 65.2 Å². The second kappa shape index (κ2) is 7.63. The summed E-state index contributed by atoms with van der Waals surface area (Å²) in [6, 6.07) is 6.33. The zero-order valence-electron chi connectivity index (χ0n) is 13.7. The fourth-order valence-electron chi connectivity index (χ4n) is 2.59. The van der Waals surface area contributed by atoms with E-state index in [-0.39, 0.29) is 28.6 Å². The Balaban J connectivity index is 1.81. The highest BCUT2D eigenvalue weighted by atomic mass is 79.9. The van der Waals surface area contributed by atoms with Crippen molar-refractivity contribution in [3.05, 3.63) is 58.1 Å². The van der Waals surface area contributed by atoms with Crippen LogP contribution in [-0.4, -0.2) is 31.6 Å². The average Bonchev–Trinajstić information content (AvgIpc) is 2.56. The lowest BCUT2D eigenvalue weighted by Gasteiger charge is -2.31. The van der Waals surface area contributed by atoms with Crippen molar-refractivity contribution in [2.75, 3.05) is 5.32 Å². The Morgan fingerprint density at radius 3 is 2.41 bits per heavy atom. The topological polar surface area (TPSA) is 95.5 Å². The third-order valence-electron chi connectivity index (χ3n) is 4.10. The van der Waals surface area contributed by atoms with Crippen molar-refractivity contribution < 1.29 is 27.1 Å². The summed E-state index contributed by atoms with van der Waals surface area (Å²) in [5, 5.41) is 11.7. The van der Waals surface area contributed by atoms with Crippen LogP contribution in [0, 0.1) is 11.6 Å². The van der Waals surface area contributed by atoms with Gasteiger partial charge in [0.2, 0.25) is 10.0 Å². The van der Waals surface area contributed by atoms with E-state index in [0.29, 0.717) is 0 Å². The van der Waals surface area contributed by atoms with Gasteiger partial charge in [0, 0.05) is 17.3 Å². The van der Waals surface area contributed by atoms with Gasteiger partial charge in [-0.3, -0.25) is 4.79 Å². The number of amides is 1. The Morgan fingerprint density at radius 2 is 1.78 bits per heavy atom. The fraction of sp³-hybridized carbons (Fsp3) is 0.235. The van der Waals surface area contributed by atoms with E-state index in [0.717, 1.165) is 24.3 Å². The number of anilines is 1. The van der Waals surface area contributed by atoms with E-state index in [1.54, 1.807) is 0 Å². The van der Waals surface area contributed by atoms with E-state index in [9.17, 15) is 27.1 Å². The molecule has 10 heteroatoms. The van der Waals surface area contributed by atoms with E-state index in [2.05, 4.69) is 26.0 Å². The van der Waals surface area contributed by atoms with Crippen LogP contribution < -0.4 is 10.0 Å². The Morgan fingerprint density at radius 1 is 1.11 bits per heavy atom. The largest absolute Gasteiger partial charge is 0.393 e. The van der Waals surface area contributed by atoms with E-state index in [1.807, 2.05) is 0 Å². The van der Waals surface area contributed by atoms with Crippen LogP contribution in [0.25, 0.3) is 0 Å². The van der Waals surface area contributed by atoms with Crippen molar-refractivity contribution in [3.8, 4) is 0 Å². The Hall–Kier alpha value is -1.88. The van der Waals surface area contributed by atoms with Crippen molar-refractivity contribution in [2.24, 2.45) is 0 Å². The molecule has 6 nitrogen and oxygen atoms in total. The molecule has 0 bridgehead atoms. The van der Waals surface area contributed by atoms with Crippen molar-refractivity contribution in [2.45, 2.75) is 29.9 Å². The summed E-state index contributed by atoms with van der Waals surface area (Å²) in [5.41, 5.74) is 0.203. The molecule has 1 fully saturated rings. The van der Waals surface area contributed by atoms with Crippen molar-refractivity contribution in [1.82, 2.24) is 4.72 Å². The molecule has 27 heavy (non-hydrogen) atoms. The molecule has 0 unspecified atom stereocenters. The van der Waals surface area contributed by atoms with E-state index >= 15 is 0 Å². The predicted molar refractivity (Wildman–Crippen MR) is 97.8 cm³/mol. The SMILES string of the molecule is O=C(Nc1ccc(F)c(Br)c1)c1ccc(F)c(S(=O)(=O)NC2CC(O)C2)c1. The van der Waals surface area contributed by atoms with Crippen LogP contribution in [0.1, 0.15) is 23.2 Å². The number of rotatable bonds is 5. The van der Waals surface area contributed by atoms with Crippen molar-refractivity contribution in [1.29, 1.82) is 0 Å². The smallest absolute Gasteiger partial charge is 0.255 e. The Labute approximate surface area is 162 Å². The number of hydrogen-bond acceptors (Lipinski definition) is 4. The van der Waals surface area contributed by atoms with Gasteiger partial charge in [0.15, 0.2) is 0 Å². The second-order valence-electron chi connectivity index (χ2n) is 6.17. The summed E-state index contributed by atoms with van der Waals surface area (Å²) in [7, 11) is -4.19. The molecule has 0 aliphatic heterocycles. The summed E-state index contributed by atoms with van der Waals surface area (Å²) in [6.07, 6.45) is -0.0734. The third kappa shape index (κ3) is 4.52. The van der Waals surface area contributed by atoms with Crippen LogP contribution in [0.4, 0.5) is 14.5 Å². The van der Waals surface area contributed by atoms with Gasteiger partial charge in [-0.2, -0.15) is 0 Å². The van der Waals surface area contributed by atoms with Crippen LogP contribution in [0.15, 0.2) is 45.8 Å². The Kier molecular flexibility index (Phi) is 5.61. The minimum atomic E-state index is -4.19. The maximum absolute atomic E-state index is 14.1. The van der Waals surface area contributed by atoms with Gasteiger partial charge in [0.05, 0.1) is 10.6 Å². The number of aliphatic hydroxyl groups is 1. The Bertz CT molecular complexity index is 994. The molecule has 2 aromatic rings. The molecule has 1 aliphatic rings. The van der Waals surface area contributed by atoms with Gasteiger partial charge in [-0.1, -0.05) is 0 Å². The molecule has 0 aromatic heterocycles. The zero-order valence-corrected chi connectivity index (χ0v) is 16.1. The first-order valence-corrected chi connectivity index (χ1v) is 10.2. The fourth-order valence-corrected chi connectivity index (χ4v) is 4.34. The lowest BCUT2D eigenvalue weighted by atomic mass is 9.91. The second-order valence-corrected chi connectivity index (χ2v) is 8.71. The molecule has 2 aromatic carbocycles. The van der Waals surface area contributed by atoms with Gasteiger partial charge in [0.25, 0.3) is 5.91 Å². The molecule has 0 heterocycles. The number of hydrogen-bond donors (Lipinski definition) is 3. The molecule has 1 amide bonds. The van der Waals surface area contributed by atoms with Gasteiger partial charge in [-0.25, -0.2) is 21.9 Å². The first-order valence-electron chi connectivity index (χ1n) is 7.92. The molecule has 1 saturated carbocycles. The number of carbonyl (C=O) groups is 1. The average molecular weight is 461 g/mol. The normalized spacial score (nSPS) is 19.4. The minimum absolute atomic E-state index is 0.0779. The third-order valence-corrected chi connectivity index (χ3v) is 6.24. The lowest BCUT2D eigenvalue weighted by molar-refractivity contribution is 0.0712. The number of halogens is 3. The van der Waals surface area contributed by atoms with Crippen LogP contribution in [0.2, 0.25) is 0 Å². The van der Waals surface area contributed by atoms with Crippen LogP contribution in [0.5, 0.6) is 0 Å². The van der Waals surface area contributed by atoms with Gasteiger partial charge in [-0.15, -0.1) is 0 Å². The highest BCUT2D eigenvalue weighted by molar-refractivity contribution is 9.10. The molecular weight excluding hydrogens is 446 g/mol. The molecular formula is C17H15BrF2N2O4S.